The summed E-state index contributed by atoms with van der Waals surface area (Å²) in [5.74, 6) is -0.977. The number of hydrogen-bond acceptors (Lipinski definition) is 4. The number of carbonyl (C=O) groups is 2. The predicted molar refractivity (Wildman–Crippen MR) is 49.8 cm³/mol. The highest BCUT2D eigenvalue weighted by Crippen LogP contribution is 2.17. The molecule has 1 aliphatic heterocycles. The number of amides is 1. The zero-order chi connectivity index (χ0) is 10.7. The molecule has 1 atom stereocenters. The fourth-order valence-electron chi connectivity index (χ4n) is 1.32. The molecule has 1 heterocycles. The van der Waals surface area contributed by atoms with Gasteiger partial charge in [0, 0.05) is 12.1 Å². The summed E-state index contributed by atoms with van der Waals surface area (Å²) in [6, 6.07) is -0.488. The molecule has 1 saturated heterocycles. The van der Waals surface area contributed by atoms with E-state index in [2.05, 4.69) is 6.58 Å². The van der Waals surface area contributed by atoms with Crippen molar-refractivity contribution in [3.05, 3.63) is 12.2 Å². The maximum Gasteiger partial charge on any atom is 0.352 e. The van der Waals surface area contributed by atoms with Gasteiger partial charge in [0.2, 0.25) is 5.91 Å². The van der Waals surface area contributed by atoms with E-state index < -0.39 is 17.9 Å². The minimum absolute atomic E-state index is 0.306. The molecule has 0 unspecified atom stereocenters. The van der Waals surface area contributed by atoms with Gasteiger partial charge in [-0.05, 0) is 19.8 Å². The summed E-state index contributed by atoms with van der Waals surface area (Å²) in [6.45, 7) is 5.55. The molecular formula is C9H14N2O3. The second-order valence-electron chi connectivity index (χ2n) is 3.36. The highest BCUT2D eigenvalue weighted by molar-refractivity contribution is 5.87. The van der Waals surface area contributed by atoms with E-state index in [9.17, 15) is 9.59 Å². The normalized spacial score (nSPS) is 21.9. The Labute approximate surface area is 82.5 Å². The first-order chi connectivity index (χ1) is 6.52. The van der Waals surface area contributed by atoms with Gasteiger partial charge in [-0.25, -0.2) is 4.79 Å². The average molecular weight is 198 g/mol. The van der Waals surface area contributed by atoms with Crippen LogP contribution in [0.5, 0.6) is 0 Å². The Morgan fingerprint density at radius 3 is 2.71 bits per heavy atom. The molecule has 1 aliphatic rings. The lowest BCUT2D eigenvalue weighted by atomic mass is 10.2. The lowest BCUT2D eigenvalue weighted by Crippen LogP contribution is -2.41. The summed E-state index contributed by atoms with van der Waals surface area (Å²) >= 11 is 0. The fourth-order valence-corrected chi connectivity index (χ4v) is 1.32. The first kappa shape index (κ1) is 10.7. The zero-order valence-corrected chi connectivity index (χ0v) is 8.16. The molecule has 0 saturated carbocycles. The van der Waals surface area contributed by atoms with Gasteiger partial charge < -0.3 is 10.6 Å². The van der Waals surface area contributed by atoms with Crippen LogP contribution in [0.1, 0.15) is 19.8 Å². The molecule has 0 aromatic carbocycles. The Kier molecular flexibility index (Phi) is 3.24. The predicted octanol–water partition coefficient (Wildman–Crippen LogP) is -0.0296. The second-order valence-corrected chi connectivity index (χ2v) is 3.36. The van der Waals surface area contributed by atoms with Gasteiger partial charge in [0.1, 0.15) is 6.04 Å². The van der Waals surface area contributed by atoms with E-state index in [1.165, 1.54) is 5.06 Å². The molecule has 1 amide bonds. The number of carbonyl (C=O) groups excluding carboxylic acids is 2. The van der Waals surface area contributed by atoms with Crippen LogP contribution in [0.2, 0.25) is 0 Å². The molecule has 0 aromatic rings. The quantitative estimate of drug-likeness (QED) is 0.646. The van der Waals surface area contributed by atoms with Crippen molar-refractivity contribution in [1.82, 2.24) is 5.06 Å². The molecule has 0 aliphatic carbocycles. The summed E-state index contributed by atoms with van der Waals surface area (Å²) in [4.78, 5) is 27.0. The third kappa shape index (κ3) is 2.32. The largest absolute Gasteiger partial charge is 0.368 e. The lowest BCUT2D eigenvalue weighted by Gasteiger charge is -2.20. The van der Waals surface area contributed by atoms with E-state index in [1.54, 1.807) is 6.92 Å². The summed E-state index contributed by atoms with van der Waals surface area (Å²) in [5.41, 5.74) is 5.45. The molecule has 1 fully saturated rings. The van der Waals surface area contributed by atoms with E-state index in [-0.39, 0.29) is 0 Å². The number of nitrogens with two attached hydrogens (primary N) is 1. The number of primary amides is 1. The van der Waals surface area contributed by atoms with Crippen LogP contribution < -0.4 is 5.73 Å². The van der Waals surface area contributed by atoms with Crippen LogP contribution in [0, 0.1) is 0 Å². The standard InChI is InChI=1S/C9H14N2O3/c1-6(2)9(13)14-11-5-3-4-7(11)8(10)12/h7H,1,3-5H2,2H3,(H2,10,12)/t7-/m0/s1. The second kappa shape index (κ2) is 4.23. The van der Waals surface area contributed by atoms with E-state index in [4.69, 9.17) is 10.6 Å². The Morgan fingerprint density at radius 2 is 2.21 bits per heavy atom. The third-order valence-corrected chi connectivity index (χ3v) is 2.08. The van der Waals surface area contributed by atoms with Crippen molar-refractivity contribution in [2.24, 2.45) is 5.73 Å². The Bertz CT molecular complexity index is 275. The minimum Gasteiger partial charge on any atom is -0.368 e. The molecule has 14 heavy (non-hydrogen) atoms. The number of nitrogens with zero attached hydrogens (tertiary/aromatic N) is 1. The molecule has 2 N–H and O–H groups in total. The van der Waals surface area contributed by atoms with Gasteiger partial charge in [0.05, 0.1) is 0 Å². The molecule has 0 radical (unpaired) electrons. The van der Waals surface area contributed by atoms with E-state index >= 15 is 0 Å². The van der Waals surface area contributed by atoms with Crippen LogP contribution in [0.15, 0.2) is 12.2 Å². The maximum absolute atomic E-state index is 11.2. The minimum atomic E-state index is -0.516. The Hall–Kier alpha value is -1.36. The van der Waals surface area contributed by atoms with E-state index in [0.717, 1.165) is 6.42 Å². The summed E-state index contributed by atoms with van der Waals surface area (Å²) in [6.07, 6.45) is 1.44. The first-order valence-corrected chi connectivity index (χ1v) is 4.46. The molecule has 1 rings (SSSR count). The summed E-state index contributed by atoms with van der Waals surface area (Å²) < 4.78 is 0. The SMILES string of the molecule is C=C(C)C(=O)ON1CCC[C@H]1C(N)=O. The lowest BCUT2D eigenvalue weighted by molar-refractivity contribution is -0.190. The average Bonchev–Trinajstić information content (AvgIpc) is 2.52. The van der Waals surface area contributed by atoms with Crippen molar-refractivity contribution >= 4 is 11.9 Å². The molecule has 0 aromatic heterocycles. The van der Waals surface area contributed by atoms with Crippen LogP contribution in [0.4, 0.5) is 0 Å². The Balaban J connectivity index is 2.56. The molecular weight excluding hydrogens is 184 g/mol. The number of rotatable bonds is 3. The molecule has 78 valence electrons. The number of hydrogen-bond donors (Lipinski definition) is 1. The van der Waals surface area contributed by atoms with E-state index in [0.29, 0.717) is 18.5 Å². The smallest absolute Gasteiger partial charge is 0.352 e. The molecule has 5 heteroatoms. The van der Waals surface area contributed by atoms with Gasteiger partial charge >= 0.3 is 5.97 Å². The maximum atomic E-state index is 11.2. The van der Waals surface area contributed by atoms with Crippen LogP contribution in [-0.2, 0) is 14.4 Å². The van der Waals surface area contributed by atoms with Crippen molar-refractivity contribution in [3.63, 3.8) is 0 Å². The van der Waals surface area contributed by atoms with Crippen LogP contribution in [0.25, 0.3) is 0 Å². The molecule has 0 bridgehead atoms. The zero-order valence-electron chi connectivity index (χ0n) is 8.16. The van der Waals surface area contributed by atoms with Crippen molar-refractivity contribution in [1.29, 1.82) is 0 Å². The highest BCUT2D eigenvalue weighted by atomic mass is 16.7. The molecule has 5 nitrogen and oxygen atoms in total. The van der Waals surface area contributed by atoms with Crippen molar-refractivity contribution in [2.45, 2.75) is 25.8 Å². The third-order valence-electron chi connectivity index (χ3n) is 2.08. The van der Waals surface area contributed by atoms with Gasteiger partial charge in [-0.3, -0.25) is 4.79 Å². The van der Waals surface area contributed by atoms with Crippen molar-refractivity contribution in [3.8, 4) is 0 Å². The molecule has 0 spiro atoms. The van der Waals surface area contributed by atoms with Crippen LogP contribution >= 0.6 is 0 Å². The monoisotopic (exact) mass is 198 g/mol. The van der Waals surface area contributed by atoms with Gasteiger partial charge in [-0.15, -0.1) is 5.06 Å². The van der Waals surface area contributed by atoms with Crippen molar-refractivity contribution < 1.29 is 14.4 Å². The fraction of sp³-hybridized carbons (Fsp3) is 0.556. The van der Waals surface area contributed by atoms with Crippen LogP contribution in [0.3, 0.4) is 0 Å². The summed E-state index contributed by atoms with van der Waals surface area (Å²) in [5, 5.41) is 1.33. The topological polar surface area (TPSA) is 72.6 Å². The van der Waals surface area contributed by atoms with Gasteiger partial charge in [0.15, 0.2) is 0 Å². The van der Waals surface area contributed by atoms with E-state index in [1.807, 2.05) is 0 Å². The summed E-state index contributed by atoms with van der Waals surface area (Å²) in [7, 11) is 0. The van der Waals surface area contributed by atoms with Gasteiger partial charge in [-0.2, -0.15) is 0 Å². The Morgan fingerprint density at radius 1 is 1.57 bits per heavy atom. The highest BCUT2D eigenvalue weighted by Gasteiger charge is 2.32. The number of hydroxylamine groups is 2. The first-order valence-electron chi connectivity index (χ1n) is 4.46. The van der Waals surface area contributed by atoms with Crippen molar-refractivity contribution in [2.75, 3.05) is 6.54 Å². The van der Waals surface area contributed by atoms with Crippen LogP contribution in [-0.4, -0.2) is 29.5 Å². The van der Waals surface area contributed by atoms with Gasteiger partial charge in [0.25, 0.3) is 0 Å². The van der Waals surface area contributed by atoms with Gasteiger partial charge in [-0.1, -0.05) is 6.58 Å².